The molecule has 0 aliphatic carbocycles. The first kappa shape index (κ1) is 16.7. The number of aromatic nitrogens is 1. The summed E-state index contributed by atoms with van der Waals surface area (Å²) in [5.41, 5.74) is 3.72. The minimum atomic E-state index is -0.0458. The molecule has 2 rings (SSSR count). The van der Waals surface area contributed by atoms with Crippen LogP contribution in [0.1, 0.15) is 49.7 Å². The number of rotatable bonds is 7. The van der Waals surface area contributed by atoms with Crippen molar-refractivity contribution in [3.05, 3.63) is 29.5 Å². The first-order valence-electron chi connectivity index (χ1n) is 7.84. The molecule has 0 saturated carbocycles. The summed E-state index contributed by atoms with van der Waals surface area (Å²) >= 11 is 1.73. The molecule has 0 unspecified atom stereocenters. The Hall–Kier alpha value is -1.62. The lowest BCUT2D eigenvalue weighted by Gasteiger charge is -2.07. The molecule has 0 radical (unpaired) electrons. The monoisotopic (exact) mass is 319 g/mol. The molecule has 3 N–H and O–H groups in total. The van der Waals surface area contributed by atoms with E-state index in [1.165, 1.54) is 12.8 Å². The van der Waals surface area contributed by atoms with Crippen LogP contribution in [-0.2, 0) is 0 Å². The lowest BCUT2D eigenvalue weighted by atomic mass is 10.1. The van der Waals surface area contributed by atoms with Gasteiger partial charge < -0.3 is 15.0 Å². The Balaban J connectivity index is 2.18. The van der Waals surface area contributed by atoms with E-state index in [0.717, 1.165) is 27.9 Å². The number of amides is 1. The average Bonchev–Trinajstić information content (AvgIpc) is 2.80. The van der Waals surface area contributed by atoms with Crippen molar-refractivity contribution < 1.29 is 4.79 Å². The molecule has 0 atom stereocenters. The van der Waals surface area contributed by atoms with E-state index in [-0.39, 0.29) is 11.9 Å². The Morgan fingerprint density at radius 2 is 2.14 bits per heavy atom. The van der Waals surface area contributed by atoms with Crippen LogP contribution in [0.15, 0.2) is 18.2 Å². The van der Waals surface area contributed by atoms with Crippen LogP contribution in [-0.4, -0.2) is 22.7 Å². The maximum Gasteiger partial charge on any atom is 0.268 e. The number of anilines is 1. The highest BCUT2D eigenvalue weighted by Gasteiger charge is 2.15. The Bertz CT molecular complexity index is 649. The Morgan fingerprint density at radius 1 is 1.36 bits per heavy atom. The van der Waals surface area contributed by atoms with Gasteiger partial charge >= 0.3 is 0 Å². The zero-order chi connectivity index (χ0) is 16.1. The predicted octanol–water partition coefficient (Wildman–Crippen LogP) is 4.47. The molecule has 0 spiro atoms. The Morgan fingerprint density at radius 3 is 2.82 bits per heavy atom. The van der Waals surface area contributed by atoms with Gasteiger partial charge in [0.05, 0.1) is 0 Å². The highest BCUT2D eigenvalue weighted by atomic mass is 32.2. The summed E-state index contributed by atoms with van der Waals surface area (Å²) in [6.45, 7) is 8.11. The van der Waals surface area contributed by atoms with Crippen LogP contribution < -0.4 is 10.0 Å². The van der Waals surface area contributed by atoms with Crippen molar-refractivity contribution in [2.75, 3.05) is 10.5 Å². The number of nitrogens with one attached hydrogen (secondary N) is 3. The van der Waals surface area contributed by atoms with E-state index in [2.05, 4.69) is 28.0 Å². The number of hydrogen-bond acceptors (Lipinski definition) is 3. The Kier molecular flexibility index (Phi) is 5.77. The summed E-state index contributed by atoms with van der Waals surface area (Å²) in [6.07, 6.45) is 2.42. The second-order valence-electron chi connectivity index (χ2n) is 5.82. The molecule has 4 nitrogen and oxygen atoms in total. The number of H-pyrrole nitrogens is 1. The van der Waals surface area contributed by atoms with Crippen LogP contribution in [0.3, 0.4) is 0 Å². The largest absolute Gasteiger partial charge is 0.350 e. The summed E-state index contributed by atoms with van der Waals surface area (Å²) in [7, 11) is 0. The standard InChI is InChI=1S/C17H25N3OS/c1-5-6-9-22-20-13-7-8-15-14(10-13)12(4)16(19-15)17(21)18-11(2)3/h7-8,10-11,19-20H,5-6,9H2,1-4H3,(H,18,21). The number of hydrogen-bond donors (Lipinski definition) is 3. The van der Waals surface area contributed by atoms with Crippen LogP contribution in [0.5, 0.6) is 0 Å². The van der Waals surface area contributed by atoms with E-state index >= 15 is 0 Å². The lowest BCUT2D eigenvalue weighted by Crippen LogP contribution is -2.30. The zero-order valence-corrected chi connectivity index (χ0v) is 14.6. The van der Waals surface area contributed by atoms with Crippen LogP contribution in [0.2, 0.25) is 0 Å². The van der Waals surface area contributed by atoms with Crippen molar-refractivity contribution in [1.29, 1.82) is 0 Å². The van der Waals surface area contributed by atoms with E-state index in [1.54, 1.807) is 11.9 Å². The van der Waals surface area contributed by atoms with Gasteiger partial charge in [-0.15, -0.1) is 0 Å². The van der Waals surface area contributed by atoms with E-state index in [9.17, 15) is 4.79 Å². The van der Waals surface area contributed by atoms with Crippen molar-refractivity contribution in [3.63, 3.8) is 0 Å². The fourth-order valence-electron chi connectivity index (χ4n) is 2.30. The number of carbonyl (C=O) groups excluding carboxylic acids is 1. The molecular weight excluding hydrogens is 294 g/mol. The molecule has 0 aliphatic heterocycles. The molecule has 2 aromatic rings. The van der Waals surface area contributed by atoms with Gasteiger partial charge in [-0.25, -0.2) is 0 Å². The second-order valence-corrected chi connectivity index (χ2v) is 6.72. The van der Waals surface area contributed by atoms with Crippen LogP contribution >= 0.6 is 11.9 Å². The third kappa shape index (κ3) is 3.97. The van der Waals surface area contributed by atoms with Crippen molar-refractivity contribution >= 4 is 34.4 Å². The maximum absolute atomic E-state index is 12.2. The quantitative estimate of drug-likeness (QED) is 0.521. The van der Waals surface area contributed by atoms with Gasteiger partial charge in [-0.1, -0.05) is 25.3 Å². The van der Waals surface area contributed by atoms with Crippen LogP contribution in [0, 0.1) is 6.92 Å². The van der Waals surface area contributed by atoms with Gasteiger partial charge in [0, 0.05) is 28.4 Å². The van der Waals surface area contributed by atoms with Crippen molar-refractivity contribution in [2.45, 2.75) is 46.6 Å². The minimum absolute atomic E-state index is 0.0458. The highest BCUT2D eigenvalue weighted by molar-refractivity contribution is 8.00. The number of fused-ring (bicyclic) bond motifs is 1. The molecule has 0 fully saturated rings. The van der Waals surface area contributed by atoms with Gasteiger partial charge in [0.2, 0.25) is 0 Å². The van der Waals surface area contributed by atoms with Crippen LogP contribution in [0.4, 0.5) is 5.69 Å². The number of aryl methyl sites for hydroxylation is 1. The first-order chi connectivity index (χ1) is 10.5. The van der Waals surface area contributed by atoms with Gasteiger partial charge in [0.1, 0.15) is 5.69 Å². The number of benzene rings is 1. The maximum atomic E-state index is 12.2. The molecule has 5 heteroatoms. The van der Waals surface area contributed by atoms with E-state index in [4.69, 9.17) is 0 Å². The number of unbranched alkanes of at least 4 members (excludes halogenated alkanes) is 1. The molecule has 1 heterocycles. The van der Waals surface area contributed by atoms with Gasteiger partial charge in [-0.3, -0.25) is 4.79 Å². The van der Waals surface area contributed by atoms with Crippen molar-refractivity contribution in [2.24, 2.45) is 0 Å². The summed E-state index contributed by atoms with van der Waals surface area (Å²) in [6, 6.07) is 6.30. The van der Waals surface area contributed by atoms with Crippen LogP contribution in [0.25, 0.3) is 10.9 Å². The SMILES string of the molecule is CCCCSNc1ccc2[nH]c(C(=O)NC(C)C)c(C)c2c1. The topological polar surface area (TPSA) is 56.9 Å². The molecule has 0 saturated heterocycles. The van der Waals surface area contributed by atoms with Gasteiger partial charge in [-0.05, 0) is 51.0 Å². The molecule has 1 amide bonds. The number of aromatic amines is 1. The summed E-state index contributed by atoms with van der Waals surface area (Å²) in [5.74, 6) is 1.05. The molecule has 1 aromatic carbocycles. The summed E-state index contributed by atoms with van der Waals surface area (Å²) in [5, 5.41) is 4.03. The fourth-order valence-corrected chi connectivity index (χ4v) is 3.13. The van der Waals surface area contributed by atoms with E-state index < -0.39 is 0 Å². The fraction of sp³-hybridized carbons (Fsp3) is 0.471. The number of carbonyl (C=O) groups is 1. The third-order valence-corrected chi connectivity index (χ3v) is 4.37. The normalized spacial score (nSPS) is 11.1. The molecule has 22 heavy (non-hydrogen) atoms. The van der Waals surface area contributed by atoms with Crippen molar-refractivity contribution in [3.8, 4) is 0 Å². The van der Waals surface area contributed by atoms with E-state index in [0.29, 0.717) is 5.69 Å². The highest BCUT2D eigenvalue weighted by Crippen LogP contribution is 2.26. The lowest BCUT2D eigenvalue weighted by molar-refractivity contribution is 0.0938. The first-order valence-corrected chi connectivity index (χ1v) is 8.82. The third-order valence-electron chi connectivity index (χ3n) is 3.50. The molecule has 1 aromatic heterocycles. The smallest absolute Gasteiger partial charge is 0.268 e. The second kappa shape index (κ2) is 7.58. The van der Waals surface area contributed by atoms with Gasteiger partial charge in [0.25, 0.3) is 5.91 Å². The Labute approximate surface area is 136 Å². The van der Waals surface area contributed by atoms with Crippen molar-refractivity contribution in [1.82, 2.24) is 10.3 Å². The minimum Gasteiger partial charge on any atom is -0.350 e. The summed E-state index contributed by atoms with van der Waals surface area (Å²) in [4.78, 5) is 15.4. The van der Waals surface area contributed by atoms with E-state index in [1.807, 2.05) is 32.9 Å². The molecule has 0 aliphatic rings. The predicted molar refractivity (Wildman–Crippen MR) is 96.6 cm³/mol. The molecule has 120 valence electrons. The average molecular weight is 319 g/mol. The molecular formula is C17H25N3OS. The van der Waals surface area contributed by atoms with Gasteiger partial charge in [-0.2, -0.15) is 0 Å². The summed E-state index contributed by atoms with van der Waals surface area (Å²) < 4.78 is 3.37. The molecule has 0 bridgehead atoms. The zero-order valence-electron chi connectivity index (χ0n) is 13.7. The van der Waals surface area contributed by atoms with Gasteiger partial charge in [0.15, 0.2) is 0 Å².